The first kappa shape index (κ1) is 7.42. The van der Waals surface area contributed by atoms with E-state index in [1.165, 1.54) is 10.8 Å². The molecule has 0 heterocycles. The third kappa shape index (κ3) is 1.64. The standard InChI is InChI=1S/C5H7Cl2I/c6-5(7)3-4(5)1-2-8/h4H,1-3H2. The van der Waals surface area contributed by atoms with Gasteiger partial charge in [-0.25, -0.2) is 0 Å². The normalized spacial score (nSPS) is 32.6. The smallest absolute Gasteiger partial charge is 0.101 e. The van der Waals surface area contributed by atoms with E-state index < -0.39 is 0 Å². The molecule has 48 valence electrons. The zero-order chi connectivity index (χ0) is 6.20. The van der Waals surface area contributed by atoms with Crippen molar-refractivity contribution in [3.05, 3.63) is 0 Å². The topological polar surface area (TPSA) is 0 Å². The zero-order valence-corrected chi connectivity index (χ0v) is 8.00. The summed E-state index contributed by atoms with van der Waals surface area (Å²) in [6.45, 7) is 0. The van der Waals surface area contributed by atoms with Crippen molar-refractivity contribution in [1.82, 2.24) is 0 Å². The number of hydrogen-bond acceptors (Lipinski definition) is 0. The second kappa shape index (κ2) is 2.51. The minimum atomic E-state index is -0.342. The van der Waals surface area contributed by atoms with Crippen LogP contribution in [0.1, 0.15) is 12.8 Å². The van der Waals surface area contributed by atoms with Crippen LogP contribution in [0, 0.1) is 5.92 Å². The predicted molar refractivity (Wildman–Crippen MR) is 46.0 cm³/mol. The maximum atomic E-state index is 5.75. The minimum absolute atomic E-state index is 0.342. The second-order valence-electron chi connectivity index (χ2n) is 2.14. The van der Waals surface area contributed by atoms with E-state index >= 15 is 0 Å². The van der Waals surface area contributed by atoms with Gasteiger partial charge in [-0.1, -0.05) is 22.6 Å². The number of rotatable bonds is 2. The van der Waals surface area contributed by atoms with Crippen LogP contribution in [0.25, 0.3) is 0 Å². The molecule has 1 rings (SSSR count). The number of halogens is 3. The Morgan fingerprint density at radius 2 is 2.12 bits per heavy atom. The highest BCUT2D eigenvalue weighted by molar-refractivity contribution is 14.1. The summed E-state index contributed by atoms with van der Waals surface area (Å²) in [5.74, 6) is 0.586. The Morgan fingerprint density at radius 3 is 2.25 bits per heavy atom. The fourth-order valence-corrected chi connectivity index (χ4v) is 2.06. The van der Waals surface area contributed by atoms with E-state index in [2.05, 4.69) is 22.6 Å². The molecule has 1 fully saturated rings. The van der Waals surface area contributed by atoms with Crippen molar-refractivity contribution < 1.29 is 0 Å². The number of hydrogen-bond donors (Lipinski definition) is 0. The van der Waals surface area contributed by atoms with Crippen LogP contribution >= 0.6 is 45.8 Å². The molecule has 1 atom stereocenters. The molecule has 0 amide bonds. The fraction of sp³-hybridized carbons (Fsp3) is 1.00. The van der Waals surface area contributed by atoms with Crippen LogP contribution in [-0.4, -0.2) is 8.76 Å². The van der Waals surface area contributed by atoms with Crippen LogP contribution in [0.15, 0.2) is 0 Å². The summed E-state index contributed by atoms with van der Waals surface area (Å²) < 4.78 is 0.828. The lowest BCUT2D eigenvalue weighted by Crippen LogP contribution is -1.89. The van der Waals surface area contributed by atoms with Gasteiger partial charge in [-0.05, 0) is 23.2 Å². The van der Waals surface area contributed by atoms with E-state index in [-0.39, 0.29) is 4.33 Å². The highest BCUT2D eigenvalue weighted by atomic mass is 127. The Bertz CT molecular complexity index is 92.4. The molecule has 0 spiro atoms. The SMILES string of the molecule is ClC1(Cl)CC1CCI. The molecule has 1 unspecified atom stereocenters. The van der Waals surface area contributed by atoms with Gasteiger partial charge in [-0.3, -0.25) is 0 Å². The molecule has 1 aliphatic carbocycles. The Labute approximate surface area is 73.1 Å². The van der Waals surface area contributed by atoms with E-state index in [9.17, 15) is 0 Å². The van der Waals surface area contributed by atoms with Crippen molar-refractivity contribution in [3.8, 4) is 0 Å². The third-order valence-corrected chi connectivity index (χ3v) is 2.96. The fourth-order valence-electron chi connectivity index (χ4n) is 0.715. The summed E-state index contributed by atoms with van der Waals surface area (Å²) in [5, 5.41) is 0. The van der Waals surface area contributed by atoms with Gasteiger partial charge in [-0.15, -0.1) is 23.2 Å². The summed E-state index contributed by atoms with van der Waals surface area (Å²) in [6.07, 6.45) is 2.17. The number of alkyl halides is 3. The molecular weight excluding hydrogens is 258 g/mol. The summed E-state index contributed by atoms with van der Waals surface area (Å²) in [6, 6.07) is 0. The van der Waals surface area contributed by atoms with Crippen molar-refractivity contribution in [2.45, 2.75) is 17.2 Å². The molecule has 3 heteroatoms. The highest BCUT2D eigenvalue weighted by Gasteiger charge is 2.50. The second-order valence-corrected chi connectivity index (χ2v) is 4.76. The van der Waals surface area contributed by atoms with Gasteiger partial charge in [0, 0.05) is 0 Å². The first-order chi connectivity index (χ1) is 3.67. The minimum Gasteiger partial charge on any atom is -0.101 e. The van der Waals surface area contributed by atoms with Crippen LogP contribution in [0.3, 0.4) is 0 Å². The lowest BCUT2D eigenvalue weighted by atomic mass is 10.3. The maximum absolute atomic E-state index is 5.75. The van der Waals surface area contributed by atoms with Crippen molar-refractivity contribution in [2.24, 2.45) is 5.92 Å². The van der Waals surface area contributed by atoms with Crippen molar-refractivity contribution in [2.75, 3.05) is 4.43 Å². The lowest BCUT2D eigenvalue weighted by molar-refractivity contribution is 0.806. The lowest BCUT2D eigenvalue weighted by Gasteiger charge is -1.92. The summed E-state index contributed by atoms with van der Waals surface area (Å²) in [5.41, 5.74) is 0. The van der Waals surface area contributed by atoms with Crippen molar-refractivity contribution in [3.63, 3.8) is 0 Å². The first-order valence-electron chi connectivity index (χ1n) is 2.60. The van der Waals surface area contributed by atoms with Gasteiger partial charge in [0.05, 0.1) is 0 Å². The summed E-state index contributed by atoms with van der Waals surface area (Å²) in [4.78, 5) is 0. The quantitative estimate of drug-likeness (QED) is 0.531. The van der Waals surface area contributed by atoms with E-state index in [0.29, 0.717) is 5.92 Å². The molecule has 0 aromatic rings. The van der Waals surface area contributed by atoms with Crippen molar-refractivity contribution >= 4 is 45.8 Å². The molecule has 0 N–H and O–H groups in total. The molecule has 0 aromatic carbocycles. The Kier molecular flexibility index (Phi) is 2.32. The van der Waals surface area contributed by atoms with Gasteiger partial charge < -0.3 is 0 Å². The van der Waals surface area contributed by atoms with E-state index in [4.69, 9.17) is 23.2 Å². The Morgan fingerprint density at radius 1 is 1.62 bits per heavy atom. The average Bonchev–Trinajstić information content (AvgIpc) is 2.15. The maximum Gasteiger partial charge on any atom is 0.121 e. The molecule has 0 nitrogen and oxygen atoms in total. The van der Waals surface area contributed by atoms with Crippen LogP contribution < -0.4 is 0 Å². The Balaban J connectivity index is 2.17. The van der Waals surface area contributed by atoms with Crippen molar-refractivity contribution in [1.29, 1.82) is 0 Å². The average molecular weight is 265 g/mol. The van der Waals surface area contributed by atoms with Gasteiger partial charge in [0.2, 0.25) is 0 Å². The van der Waals surface area contributed by atoms with Gasteiger partial charge in [0.15, 0.2) is 0 Å². The van der Waals surface area contributed by atoms with Crippen LogP contribution in [-0.2, 0) is 0 Å². The largest absolute Gasteiger partial charge is 0.121 e. The van der Waals surface area contributed by atoms with Gasteiger partial charge in [-0.2, -0.15) is 0 Å². The van der Waals surface area contributed by atoms with E-state index in [0.717, 1.165) is 6.42 Å². The van der Waals surface area contributed by atoms with Gasteiger partial charge in [0.25, 0.3) is 0 Å². The Hall–Kier alpha value is 1.31. The highest BCUT2D eigenvalue weighted by Crippen LogP contribution is 2.54. The summed E-state index contributed by atoms with van der Waals surface area (Å²) >= 11 is 13.8. The predicted octanol–water partition coefficient (Wildman–Crippen LogP) is 3.01. The molecule has 0 radical (unpaired) electrons. The molecule has 1 saturated carbocycles. The van der Waals surface area contributed by atoms with Gasteiger partial charge in [0.1, 0.15) is 4.33 Å². The van der Waals surface area contributed by atoms with E-state index in [1.807, 2.05) is 0 Å². The molecule has 0 bridgehead atoms. The zero-order valence-electron chi connectivity index (χ0n) is 4.33. The monoisotopic (exact) mass is 264 g/mol. The molecule has 0 aromatic heterocycles. The molecule has 0 aliphatic heterocycles. The molecular formula is C5H7Cl2I. The van der Waals surface area contributed by atoms with Crippen LogP contribution in [0.4, 0.5) is 0 Å². The van der Waals surface area contributed by atoms with E-state index in [1.54, 1.807) is 0 Å². The summed E-state index contributed by atoms with van der Waals surface area (Å²) in [7, 11) is 0. The van der Waals surface area contributed by atoms with Gasteiger partial charge >= 0.3 is 0 Å². The first-order valence-corrected chi connectivity index (χ1v) is 4.89. The third-order valence-electron chi connectivity index (χ3n) is 1.41. The molecule has 8 heavy (non-hydrogen) atoms. The molecule has 0 saturated heterocycles. The van der Waals surface area contributed by atoms with Crippen LogP contribution in [0.5, 0.6) is 0 Å². The van der Waals surface area contributed by atoms with Crippen LogP contribution in [0.2, 0.25) is 0 Å². The molecule has 1 aliphatic rings.